The molecule has 2 heterocycles. The zero-order valence-electron chi connectivity index (χ0n) is 22.6. The molecule has 2 aliphatic heterocycles. The Labute approximate surface area is 238 Å². The monoisotopic (exact) mass is 551 g/mol. The Morgan fingerprint density at radius 2 is 1.57 bits per heavy atom. The van der Waals surface area contributed by atoms with E-state index in [2.05, 4.69) is 36.9 Å². The number of fused-ring (bicyclic) bond motifs is 2. The summed E-state index contributed by atoms with van der Waals surface area (Å²) in [6.07, 6.45) is 0. The van der Waals surface area contributed by atoms with Crippen LogP contribution in [0.25, 0.3) is 0 Å². The normalized spacial score (nSPS) is 15.0. The Bertz CT molecular complexity index is 1610. The maximum absolute atomic E-state index is 14.7. The van der Waals surface area contributed by atoms with Gasteiger partial charge in [0.25, 0.3) is 11.8 Å². The van der Waals surface area contributed by atoms with E-state index in [1.165, 1.54) is 34.6 Å². The largest absolute Gasteiger partial charge is 0.368 e. The first-order valence-electron chi connectivity index (χ1n) is 13.5. The molecule has 0 bridgehead atoms. The molecular weight excluding hydrogens is 521 g/mol. The van der Waals surface area contributed by atoms with Gasteiger partial charge in [0.15, 0.2) is 0 Å². The van der Waals surface area contributed by atoms with Crippen LogP contribution < -0.4 is 9.80 Å². The molecule has 0 unspecified atom stereocenters. The van der Waals surface area contributed by atoms with Crippen molar-refractivity contribution in [2.45, 2.75) is 30.2 Å². The van der Waals surface area contributed by atoms with E-state index in [9.17, 15) is 14.0 Å². The second-order valence-electron chi connectivity index (χ2n) is 10.3. The highest BCUT2D eigenvalue weighted by Gasteiger charge is 2.30. The molecule has 5 nitrogen and oxygen atoms in total. The summed E-state index contributed by atoms with van der Waals surface area (Å²) in [5.41, 5.74) is 5.88. The van der Waals surface area contributed by atoms with Crippen molar-refractivity contribution >= 4 is 35.0 Å². The third-order valence-electron chi connectivity index (χ3n) is 7.85. The minimum absolute atomic E-state index is 0.0616. The van der Waals surface area contributed by atoms with Crippen LogP contribution >= 0.6 is 11.8 Å². The molecule has 40 heavy (non-hydrogen) atoms. The van der Waals surface area contributed by atoms with Crippen molar-refractivity contribution in [3.63, 3.8) is 0 Å². The zero-order chi connectivity index (χ0) is 27.8. The number of aryl methyl sites for hydroxylation is 1. The Kier molecular flexibility index (Phi) is 7.07. The van der Waals surface area contributed by atoms with Gasteiger partial charge in [-0.15, -0.1) is 0 Å². The van der Waals surface area contributed by atoms with Crippen LogP contribution in [-0.2, 0) is 6.54 Å². The predicted octanol–water partition coefficient (Wildman–Crippen LogP) is 6.72. The molecular formula is C33H30FN3O2S. The van der Waals surface area contributed by atoms with Crippen molar-refractivity contribution in [2.75, 3.05) is 36.0 Å². The lowest BCUT2D eigenvalue weighted by molar-refractivity contribution is 0.0746. The fourth-order valence-corrected chi connectivity index (χ4v) is 6.48. The van der Waals surface area contributed by atoms with E-state index in [0.717, 1.165) is 22.9 Å². The second-order valence-corrected chi connectivity index (χ2v) is 11.3. The highest BCUT2D eigenvalue weighted by atomic mass is 32.2. The number of carbonyl (C=O) groups is 2. The van der Waals surface area contributed by atoms with Gasteiger partial charge in [-0.2, -0.15) is 0 Å². The number of nitrogens with zero attached hydrogens (tertiary/aromatic N) is 3. The summed E-state index contributed by atoms with van der Waals surface area (Å²) in [5, 5.41) is 0. The third kappa shape index (κ3) is 4.86. The average Bonchev–Trinajstić information content (AvgIpc) is 3.09. The smallest absolute Gasteiger partial charge is 0.259 e. The minimum Gasteiger partial charge on any atom is -0.368 e. The summed E-state index contributed by atoms with van der Waals surface area (Å²) >= 11 is 1.49. The summed E-state index contributed by atoms with van der Waals surface area (Å²) in [6.45, 7) is 7.06. The Balaban J connectivity index is 1.29. The first kappa shape index (κ1) is 26.1. The summed E-state index contributed by atoms with van der Waals surface area (Å²) in [4.78, 5) is 35.0. The van der Waals surface area contributed by atoms with E-state index in [0.29, 0.717) is 35.5 Å². The van der Waals surface area contributed by atoms with Crippen LogP contribution in [0.2, 0.25) is 0 Å². The van der Waals surface area contributed by atoms with Crippen LogP contribution in [0.3, 0.4) is 0 Å². The standard InChI is InChI=1S/C33H30FN3O2S/c1-22-8-7-12-28(23(22)2)35-16-18-36(19-17-35)32(38)24-14-15-31-29(20-24)37(21-25-9-3-5-11-27(25)34)33(39)26-10-4-6-13-30(26)40-31/h3-15,20H,16-19,21H2,1-2H3. The molecule has 6 rings (SSSR count). The Morgan fingerprint density at radius 1 is 0.825 bits per heavy atom. The third-order valence-corrected chi connectivity index (χ3v) is 8.99. The highest BCUT2D eigenvalue weighted by molar-refractivity contribution is 7.99. The highest BCUT2D eigenvalue weighted by Crippen LogP contribution is 2.42. The van der Waals surface area contributed by atoms with Crippen LogP contribution in [0.4, 0.5) is 15.8 Å². The van der Waals surface area contributed by atoms with Crippen molar-refractivity contribution in [3.05, 3.63) is 119 Å². The van der Waals surface area contributed by atoms with Crippen molar-refractivity contribution in [2.24, 2.45) is 0 Å². The van der Waals surface area contributed by atoms with Gasteiger partial charge in [-0.25, -0.2) is 4.39 Å². The van der Waals surface area contributed by atoms with Gasteiger partial charge in [-0.1, -0.05) is 54.2 Å². The number of carbonyl (C=O) groups excluding carboxylic acids is 2. The van der Waals surface area contributed by atoms with Gasteiger partial charge in [0.1, 0.15) is 5.82 Å². The lowest BCUT2D eigenvalue weighted by Gasteiger charge is -2.37. The Morgan fingerprint density at radius 3 is 2.38 bits per heavy atom. The van der Waals surface area contributed by atoms with Gasteiger partial charge in [0, 0.05) is 52.8 Å². The number of rotatable bonds is 4. The lowest BCUT2D eigenvalue weighted by Crippen LogP contribution is -2.49. The molecule has 2 amide bonds. The molecule has 0 aromatic heterocycles. The fraction of sp³-hybridized carbons (Fsp3) is 0.212. The van der Waals surface area contributed by atoms with Gasteiger partial charge < -0.3 is 14.7 Å². The summed E-state index contributed by atoms with van der Waals surface area (Å²) in [6, 6.07) is 25.8. The average molecular weight is 552 g/mol. The minimum atomic E-state index is -0.365. The molecule has 1 saturated heterocycles. The van der Waals surface area contributed by atoms with E-state index in [1.807, 2.05) is 35.2 Å². The number of anilines is 2. The van der Waals surface area contributed by atoms with Crippen molar-refractivity contribution < 1.29 is 14.0 Å². The van der Waals surface area contributed by atoms with Crippen LogP contribution in [0.1, 0.15) is 37.4 Å². The maximum Gasteiger partial charge on any atom is 0.259 e. The van der Waals surface area contributed by atoms with Crippen LogP contribution in [-0.4, -0.2) is 42.9 Å². The fourth-order valence-electron chi connectivity index (χ4n) is 5.42. The second kappa shape index (κ2) is 10.8. The Hall–Kier alpha value is -4.10. The quantitative estimate of drug-likeness (QED) is 0.283. The molecule has 0 N–H and O–H groups in total. The molecule has 7 heteroatoms. The zero-order valence-corrected chi connectivity index (χ0v) is 23.4. The van der Waals surface area contributed by atoms with E-state index in [-0.39, 0.29) is 24.2 Å². The number of amides is 2. The first-order chi connectivity index (χ1) is 19.4. The molecule has 0 spiro atoms. The SMILES string of the molecule is Cc1cccc(N2CCN(C(=O)c3ccc4c(c3)N(Cc3ccccc3F)C(=O)c3ccccc3S4)CC2)c1C. The molecule has 0 saturated carbocycles. The molecule has 4 aromatic carbocycles. The van der Waals surface area contributed by atoms with Crippen molar-refractivity contribution in [1.82, 2.24) is 4.90 Å². The molecule has 202 valence electrons. The van der Waals surface area contributed by atoms with Gasteiger partial charge >= 0.3 is 0 Å². The van der Waals surface area contributed by atoms with E-state index in [4.69, 9.17) is 0 Å². The van der Waals surface area contributed by atoms with Crippen LogP contribution in [0.15, 0.2) is 94.7 Å². The summed E-state index contributed by atoms with van der Waals surface area (Å²) in [7, 11) is 0. The molecule has 0 aliphatic carbocycles. The first-order valence-corrected chi connectivity index (χ1v) is 14.3. The number of halogens is 1. The molecule has 2 aliphatic rings. The molecule has 1 fully saturated rings. The maximum atomic E-state index is 14.7. The number of hydrogen-bond acceptors (Lipinski definition) is 4. The summed E-state index contributed by atoms with van der Waals surface area (Å²) < 4.78 is 14.7. The van der Waals surface area contributed by atoms with Crippen LogP contribution in [0, 0.1) is 19.7 Å². The van der Waals surface area contributed by atoms with Crippen LogP contribution in [0.5, 0.6) is 0 Å². The van der Waals surface area contributed by atoms with Gasteiger partial charge in [-0.3, -0.25) is 9.59 Å². The van der Waals surface area contributed by atoms with Crippen molar-refractivity contribution in [3.8, 4) is 0 Å². The van der Waals surface area contributed by atoms with Gasteiger partial charge in [0.05, 0.1) is 17.8 Å². The van der Waals surface area contributed by atoms with E-state index >= 15 is 0 Å². The number of hydrogen-bond donors (Lipinski definition) is 0. The lowest BCUT2D eigenvalue weighted by atomic mass is 10.1. The van der Waals surface area contributed by atoms with E-state index in [1.54, 1.807) is 35.2 Å². The predicted molar refractivity (Wildman–Crippen MR) is 158 cm³/mol. The summed E-state index contributed by atoms with van der Waals surface area (Å²) in [5.74, 6) is -0.638. The molecule has 0 radical (unpaired) electrons. The molecule has 0 atom stereocenters. The topological polar surface area (TPSA) is 43.9 Å². The molecule has 4 aromatic rings. The van der Waals surface area contributed by atoms with Gasteiger partial charge in [0.2, 0.25) is 0 Å². The van der Waals surface area contributed by atoms with Gasteiger partial charge in [-0.05, 0) is 67.4 Å². The van der Waals surface area contributed by atoms with Crippen molar-refractivity contribution in [1.29, 1.82) is 0 Å². The van der Waals surface area contributed by atoms with E-state index < -0.39 is 0 Å². The number of piperazine rings is 1. The number of benzene rings is 4.